The SMILES string of the molecule is CO/N=C1\C[C@@H](C)N(C(=O)[C@@H](NC(=O)OC)C(C)C)C1. The van der Waals surface area contributed by atoms with E-state index in [1.54, 1.807) is 4.90 Å². The summed E-state index contributed by atoms with van der Waals surface area (Å²) >= 11 is 0. The molecule has 114 valence electrons. The second-order valence-electron chi connectivity index (χ2n) is 5.22. The van der Waals surface area contributed by atoms with Crippen LogP contribution in [0.3, 0.4) is 0 Å². The van der Waals surface area contributed by atoms with Gasteiger partial charge in [0.05, 0.1) is 19.4 Å². The van der Waals surface area contributed by atoms with Gasteiger partial charge in [-0.05, 0) is 12.8 Å². The smallest absolute Gasteiger partial charge is 0.407 e. The standard InChI is InChI=1S/C13H23N3O4/c1-8(2)11(14-13(18)19-4)12(17)16-7-10(15-20-5)6-9(16)3/h8-9,11H,6-7H2,1-5H3,(H,14,18)/b15-10+/t9-,11+/m1/s1. The van der Waals surface area contributed by atoms with Crippen LogP contribution < -0.4 is 5.32 Å². The number of likely N-dealkylation sites (tertiary alicyclic amines) is 1. The van der Waals surface area contributed by atoms with Crippen molar-refractivity contribution in [1.82, 2.24) is 10.2 Å². The van der Waals surface area contributed by atoms with Gasteiger partial charge in [-0.1, -0.05) is 19.0 Å². The number of alkyl carbamates (subject to hydrolysis) is 1. The molecule has 0 radical (unpaired) electrons. The second-order valence-corrected chi connectivity index (χ2v) is 5.22. The molecular formula is C13H23N3O4. The van der Waals surface area contributed by atoms with E-state index in [1.807, 2.05) is 20.8 Å². The van der Waals surface area contributed by atoms with E-state index in [4.69, 9.17) is 4.84 Å². The lowest BCUT2D eigenvalue weighted by Gasteiger charge is -2.28. The van der Waals surface area contributed by atoms with E-state index in [1.165, 1.54) is 14.2 Å². The molecule has 0 aromatic carbocycles. The van der Waals surface area contributed by atoms with Gasteiger partial charge >= 0.3 is 6.09 Å². The van der Waals surface area contributed by atoms with Crippen molar-refractivity contribution in [3.05, 3.63) is 0 Å². The van der Waals surface area contributed by atoms with Crippen LogP contribution in [0.1, 0.15) is 27.2 Å². The number of carbonyl (C=O) groups excluding carboxylic acids is 2. The first-order chi connectivity index (χ1) is 9.40. The average Bonchev–Trinajstić information content (AvgIpc) is 2.76. The molecule has 2 amide bonds. The molecule has 7 heteroatoms. The predicted octanol–water partition coefficient (Wildman–Crippen LogP) is 0.990. The van der Waals surface area contributed by atoms with Gasteiger partial charge in [-0.2, -0.15) is 0 Å². The zero-order valence-corrected chi connectivity index (χ0v) is 12.7. The van der Waals surface area contributed by atoms with E-state index in [-0.39, 0.29) is 17.9 Å². The number of hydrogen-bond acceptors (Lipinski definition) is 5. The van der Waals surface area contributed by atoms with Crippen molar-refractivity contribution in [1.29, 1.82) is 0 Å². The monoisotopic (exact) mass is 285 g/mol. The molecule has 0 aromatic heterocycles. The summed E-state index contributed by atoms with van der Waals surface area (Å²) in [5, 5.41) is 6.49. The molecule has 2 atom stereocenters. The molecule has 1 N–H and O–H groups in total. The van der Waals surface area contributed by atoms with Crippen LogP contribution in [0, 0.1) is 5.92 Å². The van der Waals surface area contributed by atoms with Gasteiger partial charge in [-0.15, -0.1) is 0 Å². The van der Waals surface area contributed by atoms with Gasteiger partial charge in [-0.3, -0.25) is 4.79 Å². The summed E-state index contributed by atoms with van der Waals surface area (Å²) in [6.07, 6.45) is 0.0810. The van der Waals surface area contributed by atoms with Gasteiger partial charge in [0.2, 0.25) is 5.91 Å². The van der Waals surface area contributed by atoms with Gasteiger partial charge in [-0.25, -0.2) is 4.79 Å². The summed E-state index contributed by atoms with van der Waals surface area (Å²) < 4.78 is 4.57. The highest BCUT2D eigenvalue weighted by Crippen LogP contribution is 2.18. The van der Waals surface area contributed by atoms with Crippen molar-refractivity contribution in [3.8, 4) is 0 Å². The molecule has 0 bridgehead atoms. The van der Waals surface area contributed by atoms with Crippen molar-refractivity contribution in [2.45, 2.75) is 39.3 Å². The number of methoxy groups -OCH3 is 1. The molecule has 1 aliphatic rings. The molecule has 1 aliphatic heterocycles. The lowest BCUT2D eigenvalue weighted by atomic mass is 10.0. The predicted molar refractivity (Wildman–Crippen MR) is 74.4 cm³/mol. The molecule has 1 saturated heterocycles. The first-order valence-electron chi connectivity index (χ1n) is 6.64. The summed E-state index contributed by atoms with van der Waals surface area (Å²) in [6.45, 7) is 6.14. The van der Waals surface area contributed by atoms with E-state index in [9.17, 15) is 9.59 Å². The van der Waals surface area contributed by atoms with E-state index in [2.05, 4.69) is 15.2 Å². The lowest BCUT2D eigenvalue weighted by molar-refractivity contribution is -0.134. The number of nitrogens with zero attached hydrogens (tertiary/aromatic N) is 2. The summed E-state index contributed by atoms with van der Waals surface area (Å²) in [6, 6.07) is -0.566. The third-order valence-corrected chi connectivity index (χ3v) is 3.31. The molecule has 0 aliphatic carbocycles. The highest BCUT2D eigenvalue weighted by molar-refractivity contribution is 5.95. The van der Waals surface area contributed by atoms with Gasteiger partial charge in [0, 0.05) is 12.5 Å². The Morgan fingerprint density at radius 3 is 2.55 bits per heavy atom. The Morgan fingerprint density at radius 2 is 2.05 bits per heavy atom. The van der Waals surface area contributed by atoms with Crippen molar-refractivity contribution >= 4 is 17.7 Å². The maximum absolute atomic E-state index is 12.6. The molecule has 0 saturated carbocycles. The minimum absolute atomic E-state index is 0.0304. The normalized spacial score (nSPS) is 22.0. The minimum atomic E-state index is -0.605. The number of carbonyl (C=O) groups is 2. The number of rotatable bonds is 4. The number of amides is 2. The number of hydrogen-bond donors (Lipinski definition) is 1. The summed E-state index contributed by atoms with van der Waals surface area (Å²) in [5.74, 6) is -0.156. The first kappa shape index (κ1) is 16.3. The molecule has 1 heterocycles. The third kappa shape index (κ3) is 3.85. The minimum Gasteiger partial charge on any atom is -0.453 e. The maximum atomic E-state index is 12.6. The molecule has 0 spiro atoms. The van der Waals surface area contributed by atoms with E-state index in [0.717, 1.165) is 5.71 Å². The van der Waals surface area contributed by atoms with Crippen LogP contribution in [0.15, 0.2) is 5.16 Å². The Kier molecular flexibility index (Phi) is 5.79. The van der Waals surface area contributed by atoms with Gasteiger partial charge in [0.15, 0.2) is 0 Å². The molecular weight excluding hydrogens is 262 g/mol. The Labute approximate surface area is 119 Å². The van der Waals surface area contributed by atoms with Crippen LogP contribution in [0.2, 0.25) is 0 Å². The van der Waals surface area contributed by atoms with Crippen LogP contribution >= 0.6 is 0 Å². The number of oxime groups is 1. The lowest BCUT2D eigenvalue weighted by Crippen LogP contribution is -2.52. The van der Waals surface area contributed by atoms with Crippen molar-refractivity contribution in [2.24, 2.45) is 11.1 Å². The van der Waals surface area contributed by atoms with Crippen LogP contribution in [0.25, 0.3) is 0 Å². The molecule has 1 fully saturated rings. The quantitative estimate of drug-likeness (QED) is 0.781. The number of ether oxygens (including phenoxy) is 1. The Morgan fingerprint density at radius 1 is 1.40 bits per heavy atom. The fourth-order valence-electron chi connectivity index (χ4n) is 2.24. The van der Waals surface area contributed by atoms with Crippen LogP contribution in [-0.4, -0.2) is 55.5 Å². The Bertz CT molecular complexity index is 395. The topological polar surface area (TPSA) is 80.2 Å². The van der Waals surface area contributed by atoms with E-state index in [0.29, 0.717) is 13.0 Å². The molecule has 0 unspecified atom stereocenters. The molecule has 1 rings (SSSR count). The highest BCUT2D eigenvalue weighted by Gasteiger charge is 2.36. The fourth-order valence-corrected chi connectivity index (χ4v) is 2.24. The van der Waals surface area contributed by atoms with Gasteiger partial charge in [0.1, 0.15) is 13.2 Å². The summed E-state index contributed by atoms with van der Waals surface area (Å²) in [7, 11) is 2.76. The van der Waals surface area contributed by atoms with Crippen LogP contribution in [0.4, 0.5) is 4.79 Å². The van der Waals surface area contributed by atoms with Gasteiger partial charge in [0.25, 0.3) is 0 Å². The van der Waals surface area contributed by atoms with E-state index >= 15 is 0 Å². The van der Waals surface area contributed by atoms with Crippen LogP contribution in [0.5, 0.6) is 0 Å². The zero-order valence-electron chi connectivity index (χ0n) is 12.7. The molecule has 20 heavy (non-hydrogen) atoms. The molecule has 0 aromatic rings. The van der Waals surface area contributed by atoms with Crippen molar-refractivity contribution in [2.75, 3.05) is 20.8 Å². The zero-order chi connectivity index (χ0) is 15.3. The van der Waals surface area contributed by atoms with E-state index < -0.39 is 12.1 Å². The Balaban J connectivity index is 2.80. The fraction of sp³-hybridized carbons (Fsp3) is 0.769. The van der Waals surface area contributed by atoms with Crippen molar-refractivity contribution < 1.29 is 19.2 Å². The van der Waals surface area contributed by atoms with Crippen LogP contribution in [-0.2, 0) is 14.4 Å². The second kappa shape index (κ2) is 7.12. The highest BCUT2D eigenvalue weighted by atomic mass is 16.6. The summed E-state index contributed by atoms with van der Waals surface area (Å²) in [4.78, 5) is 30.4. The third-order valence-electron chi connectivity index (χ3n) is 3.31. The first-order valence-corrected chi connectivity index (χ1v) is 6.64. The largest absolute Gasteiger partial charge is 0.453 e. The van der Waals surface area contributed by atoms with Crippen molar-refractivity contribution in [3.63, 3.8) is 0 Å². The maximum Gasteiger partial charge on any atom is 0.407 e. The van der Waals surface area contributed by atoms with Gasteiger partial charge < -0.3 is 19.8 Å². The Hall–Kier alpha value is -1.79. The average molecular weight is 285 g/mol. The molecule has 7 nitrogen and oxygen atoms in total. The number of nitrogens with one attached hydrogen (secondary N) is 1. The summed E-state index contributed by atoms with van der Waals surface area (Å²) in [5.41, 5.74) is 0.828.